The van der Waals surface area contributed by atoms with Crippen LogP contribution in [-0.4, -0.2) is 7.11 Å². The summed E-state index contributed by atoms with van der Waals surface area (Å²) >= 11 is 3.32. The minimum atomic E-state index is -0.472. The first-order valence-corrected chi connectivity index (χ1v) is 7.72. The zero-order valence-corrected chi connectivity index (χ0v) is 13.4. The van der Waals surface area contributed by atoms with Gasteiger partial charge in [-0.05, 0) is 70.1 Å². The third-order valence-electron chi connectivity index (χ3n) is 4.23. The summed E-state index contributed by atoms with van der Waals surface area (Å²) in [5.41, 5.74) is 9.44. The summed E-state index contributed by atoms with van der Waals surface area (Å²) in [6, 6.07) is 11.1. The van der Waals surface area contributed by atoms with Crippen LogP contribution in [0.4, 0.5) is 4.39 Å². The van der Waals surface area contributed by atoms with Crippen LogP contribution in [0, 0.1) is 5.82 Å². The fourth-order valence-electron chi connectivity index (χ4n) is 3.06. The Kier molecular flexibility index (Phi) is 3.76. The molecule has 4 heteroatoms. The number of benzene rings is 2. The number of hydrogen-bond acceptors (Lipinski definition) is 2. The van der Waals surface area contributed by atoms with E-state index in [9.17, 15) is 4.39 Å². The molecule has 3 rings (SSSR count). The molecule has 0 spiro atoms. The maximum Gasteiger partial charge on any atom is 0.137 e. The third kappa shape index (κ3) is 2.58. The van der Waals surface area contributed by atoms with Crippen molar-refractivity contribution in [3.8, 4) is 5.75 Å². The van der Waals surface area contributed by atoms with Crippen molar-refractivity contribution in [2.45, 2.75) is 24.8 Å². The van der Waals surface area contributed by atoms with E-state index >= 15 is 0 Å². The predicted octanol–water partition coefficient (Wildman–Crippen LogP) is 3.94. The standard InChI is InChI=1S/C17H17BrFNO/c1-21-13-6-5-11-7-8-17(20,14(11)9-13)10-12-3-2-4-15(19)16(12)18/h2-6,9H,7-8,10,20H2,1H3. The molecule has 21 heavy (non-hydrogen) atoms. The van der Waals surface area contributed by atoms with Gasteiger partial charge < -0.3 is 10.5 Å². The molecule has 0 saturated carbocycles. The van der Waals surface area contributed by atoms with Gasteiger partial charge in [-0.3, -0.25) is 0 Å². The average molecular weight is 350 g/mol. The topological polar surface area (TPSA) is 35.2 Å². The molecule has 2 N–H and O–H groups in total. The Morgan fingerprint density at radius 3 is 2.90 bits per heavy atom. The molecule has 1 atom stereocenters. The van der Waals surface area contributed by atoms with Gasteiger partial charge in [-0.15, -0.1) is 0 Å². The minimum Gasteiger partial charge on any atom is -0.497 e. The van der Waals surface area contributed by atoms with E-state index in [1.54, 1.807) is 13.2 Å². The molecular weight excluding hydrogens is 333 g/mol. The monoisotopic (exact) mass is 349 g/mol. The molecule has 110 valence electrons. The molecule has 1 unspecified atom stereocenters. The number of nitrogens with two attached hydrogens (primary N) is 1. The molecule has 0 heterocycles. The van der Waals surface area contributed by atoms with Crippen molar-refractivity contribution in [2.75, 3.05) is 7.11 Å². The fraction of sp³-hybridized carbons (Fsp3) is 0.294. The minimum absolute atomic E-state index is 0.250. The summed E-state index contributed by atoms with van der Waals surface area (Å²) in [6.45, 7) is 0. The summed E-state index contributed by atoms with van der Waals surface area (Å²) in [6.07, 6.45) is 2.41. The van der Waals surface area contributed by atoms with E-state index in [1.807, 2.05) is 18.2 Å². The highest BCUT2D eigenvalue weighted by atomic mass is 79.9. The second-order valence-corrected chi connectivity index (χ2v) is 6.36. The average Bonchev–Trinajstić information content (AvgIpc) is 2.81. The Balaban J connectivity index is 1.99. The second-order valence-electron chi connectivity index (χ2n) is 5.57. The summed E-state index contributed by atoms with van der Waals surface area (Å²) in [5.74, 6) is 0.559. The molecule has 1 aliphatic carbocycles. The molecule has 2 aromatic carbocycles. The first-order valence-electron chi connectivity index (χ1n) is 6.93. The van der Waals surface area contributed by atoms with Crippen molar-refractivity contribution in [1.82, 2.24) is 0 Å². The zero-order chi connectivity index (χ0) is 15.0. The zero-order valence-electron chi connectivity index (χ0n) is 11.8. The van der Waals surface area contributed by atoms with Crippen molar-refractivity contribution in [3.63, 3.8) is 0 Å². The Morgan fingerprint density at radius 1 is 1.33 bits per heavy atom. The molecule has 0 radical (unpaired) electrons. The quantitative estimate of drug-likeness (QED) is 0.910. The highest BCUT2D eigenvalue weighted by Crippen LogP contribution is 2.40. The van der Waals surface area contributed by atoms with Crippen LogP contribution in [0.2, 0.25) is 0 Å². The maximum atomic E-state index is 13.7. The van der Waals surface area contributed by atoms with Gasteiger partial charge >= 0.3 is 0 Å². The van der Waals surface area contributed by atoms with Gasteiger partial charge in [0.2, 0.25) is 0 Å². The van der Waals surface area contributed by atoms with Crippen molar-refractivity contribution in [3.05, 3.63) is 63.4 Å². The van der Waals surface area contributed by atoms with E-state index in [1.165, 1.54) is 11.6 Å². The van der Waals surface area contributed by atoms with E-state index in [0.29, 0.717) is 10.9 Å². The van der Waals surface area contributed by atoms with Crippen molar-refractivity contribution >= 4 is 15.9 Å². The van der Waals surface area contributed by atoms with Gasteiger partial charge in [0, 0.05) is 5.54 Å². The Labute approximate surface area is 132 Å². The highest BCUT2D eigenvalue weighted by Gasteiger charge is 2.36. The molecule has 0 saturated heterocycles. The second kappa shape index (κ2) is 5.43. The van der Waals surface area contributed by atoms with E-state index in [4.69, 9.17) is 10.5 Å². The van der Waals surface area contributed by atoms with Crippen LogP contribution >= 0.6 is 15.9 Å². The van der Waals surface area contributed by atoms with Crippen LogP contribution < -0.4 is 10.5 Å². The number of fused-ring (bicyclic) bond motifs is 1. The number of aryl methyl sites for hydroxylation is 1. The molecule has 2 nitrogen and oxygen atoms in total. The Hall–Kier alpha value is -1.39. The van der Waals surface area contributed by atoms with Crippen LogP contribution in [0.5, 0.6) is 5.75 Å². The van der Waals surface area contributed by atoms with Crippen molar-refractivity contribution < 1.29 is 9.13 Å². The summed E-state index contributed by atoms with van der Waals surface area (Å²) in [7, 11) is 1.65. The van der Waals surface area contributed by atoms with Gasteiger partial charge in [-0.25, -0.2) is 4.39 Å². The van der Waals surface area contributed by atoms with Gasteiger partial charge in [-0.1, -0.05) is 18.2 Å². The van der Waals surface area contributed by atoms with Gasteiger partial charge in [0.25, 0.3) is 0 Å². The molecule has 0 fully saturated rings. The Morgan fingerprint density at radius 2 is 2.14 bits per heavy atom. The van der Waals surface area contributed by atoms with Crippen LogP contribution in [0.3, 0.4) is 0 Å². The third-order valence-corrected chi connectivity index (χ3v) is 5.12. The molecule has 0 bridgehead atoms. The number of hydrogen-bond donors (Lipinski definition) is 1. The molecule has 1 aliphatic rings. The van der Waals surface area contributed by atoms with Gasteiger partial charge in [-0.2, -0.15) is 0 Å². The lowest BCUT2D eigenvalue weighted by Crippen LogP contribution is -2.36. The Bertz CT molecular complexity index is 688. The molecule has 0 aliphatic heterocycles. The molecule has 0 aromatic heterocycles. The lowest BCUT2D eigenvalue weighted by atomic mass is 9.86. The van der Waals surface area contributed by atoms with Gasteiger partial charge in [0.05, 0.1) is 11.6 Å². The summed E-state index contributed by atoms with van der Waals surface area (Å²) in [5, 5.41) is 0. The first-order chi connectivity index (χ1) is 10.0. The van der Waals surface area contributed by atoms with E-state index < -0.39 is 5.54 Å². The maximum absolute atomic E-state index is 13.7. The molecular formula is C17H17BrFNO. The summed E-state index contributed by atoms with van der Waals surface area (Å²) in [4.78, 5) is 0. The van der Waals surface area contributed by atoms with Crippen LogP contribution in [0.1, 0.15) is 23.1 Å². The highest BCUT2D eigenvalue weighted by molar-refractivity contribution is 9.10. The lowest BCUT2D eigenvalue weighted by Gasteiger charge is -2.26. The predicted molar refractivity (Wildman–Crippen MR) is 85.0 cm³/mol. The van der Waals surface area contributed by atoms with Crippen LogP contribution in [0.25, 0.3) is 0 Å². The van der Waals surface area contributed by atoms with Crippen LogP contribution in [0.15, 0.2) is 40.9 Å². The largest absolute Gasteiger partial charge is 0.497 e. The summed E-state index contributed by atoms with van der Waals surface area (Å²) < 4.78 is 19.5. The number of ether oxygens (including phenoxy) is 1. The van der Waals surface area contributed by atoms with E-state index in [-0.39, 0.29) is 5.82 Å². The lowest BCUT2D eigenvalue weighted by molar-refractivity contribution is 0.407. The normalized spacial score (nSPS) is 20.4. The van der Waals surface area contributed by atoms with E-state index in [0.717, 1.165) is 29.7 Å². The van der Waals surface area contributed by atoms with E-state index in [2.05, 4.69) is 22.0 Å². The van der Waals surface area contributed by atoms with Crippen molar-refractivity contribution in [2.24, 2.45) is 5.73 Å². The SMILES string of the molecule is COc1ccc2c(c1)C(N)(Cc1cccc(F)c1Br)CC2. The number of rotatable bonds is 3. The molecule has 0 amide bonds. The number of methoxy groups -OCH3 is 1. The molecule has 2 aromatic rings. The van der Waals surface area contributed by atoms with Gasteiger partial charge in [0.15, 0.2) is 0 Å². The fourth-order valence-corrected chi connectivity index (χ4v) is 3.47. The number of halogens is 2. The first kappa shape index (κ1) is 14.5. The van der Waals surface area contributed by atoms with Crippen LogP contribution in [-0.2, 0) is 18.4 Å². The smallest absolute Gasteiger partial charge is 0.137 e. The van der Waals surface area contributed by atoms with Gasteiger partial charge in [0.1, 0.15) is 11.6 Å². The van der Waals surface area contributed by atoms with Crippen molar-refractivity contribution in [1.29, 1.82) is 0 Å².